The third-order valence-corrected chi connectivity index (χ3v) is 6.12. The summed E-state index contributed by atoms with van der Waals surface area (Å²) in [5.74, 6) is -0.778. The van der Waals surface area contributed by atoms with Crippen molar-refractivity contribution in [1.82, 2.24) is 0 Å². The van der Waals surface area contributed by atoms with Crippen molar-refractivity contribution in [3.8, 4) is 11.5 Å². The number of carbonyl (C=O) groups excluding carboxylic acids is 1. The number of unbranched alkanes of at least 4 members (excludes halogenated alkanes) is 18. The lowest BCUT2D eigenvalue weighted by molar-refractivity contribution is 0.0496. The Hall–Kier alpha value is -1.71. The van der Waals surface area contributed by atoms with Crippen LogP contribution in [-0.4, -0.2) is 22.8 Å². The minimum atomic E-state index is -0.501. The van der Waals surface area contributed by atoms with Crippen molar-refractivity contribution in [3.05, 3.63) is 23.8 Å². The summed E-state index contributed by atoms with van der Waals surface area (Å²) >= 11 is 0. The monoisotopic (exact) mass is 448 g/mol. The molecule has 0 spiro atoms. The first kappa shape index (κ1) is 28.3. The number of benzene rings is 1. The van der Waals surface area contributed by atoms with E-state index in [9.17, 15) is 15.0 Å². The van der Waals surface area contributed by atoms with Gasteiger partial charge in [-0.25, -0.2) is 4.79 Å². The number of ether oxygens (including phenoxy) is 1. The van der Waals surface area contributed by atoms with Gasteiger partial charge < -0.3 is 14.9 Å². The first-order valence-corrected chi connectivity index (χ1v) is 13.3. The van der Waals surface area contributed by atoms with E-state index in [-0.39, 0.29) is 17.1 Å². The summed E-state index contributed by atoms with van der Waals surface area (Å²) in [4.78, 5) is 11.9. The molecule has 4 heteroatoms. The second-order valence-corrected chi connectivity index (χ2v) is 9.24. The molecule has 2 N–H and O–H groups in total. The molecule has 0 bridgehead atoms. The summed E-state index contributed by atoms with van der Waals surface area (Å²) in [6.07, 6.45) is 25.4. The maximum atomic E-state index is 11.9. The van der Waals surface area contributed by atoms with Crippen LogP contribution in [0.5, 0.6) is 11.5 Å². The number of aromatic hydroxyl groups is 2. The zero-order valence-corrected chi connectivity index (χ0v) is 20.6. The lowest BCUT2D eigenvalue weighted by Gasteiger charge is -2.06. The van der Waals surface area contributed by atoms with Gasteiger partial charge in [0.05, 0.1) is 12.2 Å². The predicted molar refractivity (Wildman–Crippen MR) is 133 cm³/mol. The van der Waals surface area contributed by atoms with E-state index < -0.39 is 5.97 Å². The van der Waals surface area contributed by atoms with E-state index in [4.69, 9.17) is 4.74 Å². The molecule has 0 heterocycles. The number of hydrogen-bond acceptors (Lipinski definition) is 4. The minimum absolute atomic E-state index is 0.138. The fourth-order valence-electron chi connectivity index (χ4n) is 4.14. The third kappa shape index (κ3) is 16.0. The van der Waals surface area contributed by atoms with Crippen molar-refractivity contribution in [2.45, 2.75) is 129 Å². The fraction of sp³-hybridized carbons (Fsp3) is 0.750. The highest BCUT2D eigenvalue weighted by molar-refractivity contribution is 5.90. The van der Waals surface area contributed by atoms with Crippen LogP contribution in [0.2, 0.25) is 0 Å². The molecule has 0 radical (unpaired) electrons. The van der Waals surface area contributed by atoms with Crippen molar-refractivity contribution in [1.29, 1.82) is 0 Å². The zero-order valence-electron chi connectivity index (χ0n) is 20.6. The Morgan fingerprint density at radius 3 is 1.31 bits per heavy atom. The number of rotatable bonds is 21. The largest absolute Gasteiger partial charge is 0.508 e. The van der Waals surface area contributed by atoms with Crippen LogP contribution in [0, 0.1) is 0 Å². The molecule has 0 saturated heterocycles. The SMILES string of the molecule is CCCCCCCCCCCCCCCCCCCCCOC(=O)c1cc(O)cc(O)c1. The summed E-state index contributed by atoms with van der Waals surface area (Å²) in [6, 6.07) is 3.80. The fourth-order valence-corrected chi connectivity index (χ4v) is 4.14. The van der Waals surface area contributed by atoms with Crippen LogP contribution >= 0.6 is 0 Å². The molecule has 0 atom stereocenters. The van der Waals surface area contributed by atoms with Gasteiger partial charge in [0.1, 0.15) is 11.5 Å². The Balaban J connectivity index is 1.79. The smallest absolute Gasteiger partial charge is 0.338 e. The van der Waals surface area contributed by atoms with Gasteiger partial charge in [-0.3, -0.25) is 0 Å². The molecule has 0 saturated carbocycles. The van der Waals surface area contributed by atoms with E-state index >= 15 is 0 Å². The van der Waals surface area contributed by atoms with Crippen LogP contribution < -0.4 is 0 Å². The van der Waals surface area contributed by atoms with Crippen molar-refractivity contribution in [2.75, 3.05) is 6.61 Å². The zero-order chi connectivity index (χ0) is 23.3. The Bertz CT molecular complexity index is 565. The second-order valence-electron chi connectivity index (χ2n) is 9.24. The molecule has 32 heavy (non-hydrogen) atoms. The van der Waals surface area contributed by atoms with E-state index in [1.165, 1.54) is 127 Å². The van der Waals surface area contributed by atoms with Crippen LogP contribution in [0.1, 0.15) is 139 Å². The van der Waals surface area contributed by atoms with Gasteiger partial charge in [0.25, 0.3) is 0 Å². The molecular formula is C28H48O4. The molecule has 0 unspecified atom stereocenters. The highest BCUT2D eigenvalue weighted by Gasteiger charge is 2.09. The van der Waals surface area contributed by atoms with E-state index in [0.717, 1.165) is 12.8 Å². The molecule has 4 nitrogen and oxygen atoms in total. The number of phenolic OH excluding ortho intramolecular Hbond substituents is 2. The highest BCUT2D eigenvalue weighted by atomic mass is 16.5. The van der Waals surface area contributed by atoms with E-state index in [1.807, 2.05) is 0 Å². The average molecular weight is 449 g/mol. The summed E-state index contributed by atoms with van der Waals surface area (Å²) < 4.78 is 5.21. The predicted octanol–water partition coefficient (Wildman–Crippen LogP) is 8.69. The van der Waals surface area contributed by atoms with Crippen LogP contribution in [0.4, 0.5) is 0 Å². The van der Waals surface area contributed by atoms with Gasteiger partial charge in [-0.15, -0.1) is 0 Å². The third-order valence-electron chi connectivity index (χ3n) is 6.12. The maximum Gasteiger partial charge on any atom is 0.338 e. The second kappa shape index (κ2) is 19.9. The molecule has 0 aromatic heterocycles. The van der Waals surface area contributed by atoms with Gasteiger partial charge in [0.15, 0.2) is 0 Å². The number of esters is 1. The Morgan fingerprint density at radius 1 is 0.594 bits per heavy atom. The van der Waals surface area contributed by atoms with Crippen LogP contribution in [0.25, 0.3) is 0 Å². The van der Waals surface area contributed by atoms with Crippen molar-refractivity contribution in [3.63, 3.8) is 0 Å². The summed E-state index contributed by atoms with van der Waals surface area (Å²) in [6.45, 7) is 2.66. The Labute approximate surface area is 196 Å². The van der Waals surface area contributed by atoms with Gasteiger partial charge in [0.2, 0.25) is 0 Å². The average Bonchev–Trinajstić information content (AvgIpc) is 2.77. The Kier molecular flexibility index (Phi) is 17.6. The van der Waals surface area contributed by atoms with Gasteiger partial charge >= 0.3 is 5.97 Å². The topological polar surface area (TPSA) is 66.8 Å². The van der Waals surface area contributed by atoms with Crippen molar-refractivity contribution >= 4 is 5.97 Å². The quantitative estimate of drug-likeness (QED) is 0.146. The first-order chi connectivity index (χ1) is 15.6. The number of hydrogen-bond donors (Lipinski definition) is 2. The molecule has 0 aliphatic carbocycles. The van der Waals surface area contributed by atoms with Gasteiger partial charge in [-0.05, 0) is 18.6 Å². The van der Waals surface area contributed by atoms with Gasteiger partial charge in [-0.2, -0.15) is 0 Å². The highest BCUT2D eigenvalue weighted by Crippen LogP contribution is 2.21. The van der Waals surface area contributed by atoms with Gasteiger partial charge in [-0.1, -0.05) is 122 Å². The molecule has 0 amide bonds. The van der Waals surface area contributed by atoms with Crippen LogP contribution in [-0.2, 0) is 4.74 Å². The molecule has 1 aromatic carbocycles. The number of phenols is 2. The molecule has 1 rings (SSSR count). The molecular weight excluding hydrogens is 400 g/mol. The summed E-state index contributed by atoms with van der Waals surface area (Å²) in [5, 5.41) is 18.8. The normalized spacial score (nSPS) is 11.0. The Morgan fingerprint density at radius 2 is 0.938 bits per heavy atom. The lowest BCUT2D eigenvalue weighted by atomic mass is 10.0. The van der Waals surface area contributed by atoms with E-state index in [1.54, 1.807) is 0 Å². The van der Waals surface area contributed by atoms with Gasteiger partial charge in [0, 0.05) is 6.07 Å². The molecule has 184 valence electrons. The number of carbonyl (C=O) groups is 1. The van der Waals surface area contributed by atoms with Crippen LogP contribution in [0.3, 0.4) is 0 Å². The summed E-state index contributed by atoms with van der Waals surface area (Å²) in [7, 11) is 0. The first-order valence-electron chi connectivity index (χ1n) is 13.3. The summed E-state index contributed by atoms with van der Waals surface area (Å²) in [5.41, 5.74) is 0.181. The molecule has 0 fully saturated rings. The standard InChI is InChI=1S/C28H48O4/c1-2-3-4-5-6-7-8-9-10-11-12-13-14-15-16-17-18-19-20-21-32-28(31)25-22-26(29)24-27(30)23-25/h22-24,29-30H,2-21H2,1H3. The molecule has 0 aliphatic rings. The molecule has 1 aromatic rings. The van der Waals surface area contributed by atoms with Crippen molar-refractivity contribution in [2.24, 2.45) is 0 Å². The van der Waals surface area contributed by atoms with E-state index in [2.05, 4.69) is 6.92 Å². The maximum absolute atomic E-state index is 11.9. The minimum Gasteiger partial charge on any atom is -0.508 e. The van der Waals surface area contributed by atoms with E-state index in [0.29, 0.717) is 6.61 Å². The van der Waals surface area contributed by atoms with Crippen molar-refractivity contribution < 1.29 is 19.7 Å². The molecule has 0 aliphatic heterocycles. The lowest BCUT2D eigenvalue weighted by Crippen LogP contribution is -2.06. The van der Waals surface area contributed by atoms with Crippen LogP contribution in [0.15, 0.2) is 18.2 Å².